The summed E-state index contributed by atoms with van der Waals surface area (Å²) >= 11 is 0. The van der Waals surface area contributed by atoms with E-state index in [9.17, 15) is 0 Å². The summed E-state index contributed by atoms with van der Waals surface area (Å²) < 4.78 is 6.02. The number of ether oxygens (including phenoxy) is 1. The average molecular weight is 223 g/mol. The van der Waals surface area contributed by atoms with E-state index in [2.05, 4.69) is 12.2 Å². The molecule has 2 heteroatoms. The van der Waals surface area contributed by atoms with Crippen molar-refractivity contribution in [3.63, 3.8) is 0 Å². The molecule has 2 nitrogen and oxygen atoms in total. The highest BCUT2D eigenvalue weighted by Gasteiger charge is 2.44. The molecule has 0 radical (unpaired) electrons. The van der Waals surface area contributed by atoms with Crippen LogP contribution in [-0.2, 0) is 4.74 Å². The van der Waals surface area contributed by atoms with Gasteiger partial charge in [0.15, 0.2) is 0 Å². The molecule has 3 unspecified atom stereocenters. The summed E-state index contributed by atoms with van der Waals surface area (Å²) in [4.78, 5) is 0. The van der Waals surface area contributed by atoms with Gasteiger partial charge in [-0.05, 0) is 63.3 Å². The van der Waals surface area contributed by atoms with Crippen molar-refractivity contribution in [1.29, 1.82) is 0 Å². The molecular weight excluding hydrogens is 198 g/mol. The third-order valence-electron chi connectivity index (χ3n) is 5.06. The van der Waals surface area contributed by atoms with Crippen LogP contribution in [0.2, 0.25) is 0 Å². The lowest BCUT2D eigenvalue weighted by Crippen LogP contribution is -2.51. The van der Waals surface area contributed by atoms with E-state index in [-0.39, 0.29) is 0 Å². The lowest BCUT2D eigenvalue weighted by molar-refractivity contribution is -0.148. The standard InChI is InChI=1S/C14H25NO/c1-11-3-7-15-13(9-11)12-4-8-16-14(10-12)5-2-6-14/h11-13,15H,2-10H2,1H3. The Morgan fingerprint density at radius 1 is 1.25 bits per heavy atom. The van der Waals surface area contributed by atoms with Crippen LogP contribution in [0.25, 0.3) is 0 Å². The zero-order valence-electron chi connectivity index (χ0n) is 10.5. The van der Waals surface area contributed by atoms with Crippen LogP contribution in [0.15, 0.2) is 0 Å². The predicted molar refractivity (Wildman–Crippen MR) is 65.4 cm³/mol. The first-order valence-electron chi connectivity index (χ1n) is 7.15. The molecule has 0 aromatic heterocycles. The summed E-state index contributed by atoms with van der Waals surface area (Å²) in [7, 11) is 0. The fourth-order valence-corrected chi connectivity index (χ4v) is 3.84. The zero-order valence-corrected chi connectivity index (χ0v) is 10.5. The summed E-state index contributed by atoms with van der Waals surface area (Å²) in [6, 6.07) is 0.783. The number of rotatable bonds is 1. The molecule has 16 heavy (non-hydrogen) atoms. The first-order valence-corrected chi connectivity index (χ1v) is 7.15. The maximum atomic E-state index is 6.02. The average Bonchev–Trinajstić information content (AvgIpc) is 2.27. The normalized spacial score (nSPS) is 42.9. The largest absolute Gasteiger partial charge is 0.375 e. The van der Waals surface area contributed by atoms with Gasteiger partial charge in [-0.3, -0.25) is 0 Å². The number of nitrogens with one attached hydrogen (secondary N) is 1. The highest BCUT2D eigenvalue weighted by atomic mass is 16.5. The SMILES string of the molecule is CC1CCNC(C2CCOC3(CCC3)C2)C1. The van der Waals surface area contributed by atoms with Gasteiger partial charge in [-0.2, -0.15) is 0 Å². The van der Waals surface area contributed by atoms with E-state index in [4.69, 9.17) is 4.74 Å². The van der Waals surface area contributed by atoms with E-state index in [0.29, 0.717) is 5.60 Å². The molecule has 3 rings (SSSR count). The first-order chi connectivity index (χ1) is 7.77. The van der Waals surface area contributed by atoms with Gasteiger partial charge in [0.05, 0.1) is 5.60 Å². The van der Waals surface area contributed by atoms with Gasteiger partial charge in [0.1, 0.15) is 0 Å². The van der Waals surface area contributed by atoms with E-state index in [1.165, 1.54) is 51.5 Å². The first kappa shape index (κ1) is 11.0. The van der Waals surface area contributed by atoms with Gasteiger partial charge >= 0.3 is 0 Å². The Morgan fingerprint density at radius 2 is 2.12 bits per heavy atom. The molecule has 1 saturated carbocycles. The molecule has 3 aliphatic rings. The van der Waals surface area contributed by atoms with Gasteiger partial charge in [-0.1, -0.05) is 6.92 Å². The molecule has 0 amide bonds. The Kier molecular flexibility index (Phi) is 2.97. The molecule has 0 bridgehead atoms. The molecule has 0 aromatic rings. The third kappa shape index (κ3) is 2.02. The molecule has 1 aliphatic carbocycles. The van der Waals surface area contributed by atoms with Gasteiger partial charge in [-0.25, -0.2) is 0 Å². The van der Waals surface area contributed by atoms with Crippen molar-refractivity contribution in [2.75, 3.05) is 13.2 Å². The number of hydrogen-bond acceptors (Lipinski definition) is 2. The van der Waals surface area contributed by atoms with Crippen molar-refractivity contribution in [1.82, 2.24) is 5.32 Å². The van der Waals surface area contributed by atoms with Crippen LogP contribution in [-0.4, -0.2) is 24.8 Å². The predicted octanol–water partition coefficient (Wildman–Crippen LogP) is 2.72. The van der Waals surface area contributed by atoms with Crippen molar-refractivity contribution >= 4 is 0 Å². The molecule has 0 aromatic carbocycles. The number of piperidine rings is 1. The highest BCUT2D eigenvalue weighted by Crippen LogP contribution is 2.45. The van der Waals surface area contributed by atoms with E-state index in [1.807, 2.05) is 0 Å². The highest BCUT2D eigenvalue weighted by molar-refractivity contribution is 4.97. The van der Waals surface area contributed by atoms with Crippen LogP contribution < -0.4 is 5.32 Å². The Balaban J connectivity index is 1.61. The van der Waals surface area contributed by atoms with Gasteiger partial charge in [0, 0.05) is 12.6 Å². The Morgan fingerprint density at radius 3 is 2.81 bits per heavy atom. The van der Waals surface area contributed by atoms with Crippen LogP contribution in [0.3, 0.4) is 0 Å². The van der Waals surface area contributed by atoms with E-state index >= 15 is 0 Å². The molecule has 1 spiro atoms. The van der Waals surface area contributed by atoms with Gasteiger partial charge in [0.25, 0.3) is 0 Å². The summed E-state index contributed by atoms with van der Waals surface area (Å²) in [6.45, 7) is 4.65. The second-order valence-corrected chi connectivity index (χ2v) is 6.33. The third-order valence-corrected chi connectivity index (χ3v) is 5.06. The molecular formula is C14H25NO. The van der Waals surface area contributed by atoms with Crippen molar-refractivity contribution < 1.29 is 4.74 Å². The van der Waals surface area contributed by atoms with E-state index < -0.39 is 0 Å². The molecule has 92 valence electrons. The smallest absolute Gasteiger partial charge is 0.0685 e. The Hall–Kier alpha value is -0.0800. The van der Waals surface area contributed by atoms with Crippen LogP contribution in [0.4, 0.5) is 0 Å². The van der Waals surface area contributed by atoms with Crippen LogP contribution in [0.1, 0.15) is 51.9 Å². The minimum Gasteiger partial charge on any atom is -0.375 e. The molecule has 3 fully saturated rings. The second-order valence-electron chi connectivity index (χ2n) is 6.33. The molecule has 2 saturated heterocycles. The quantitative estimate of drug-likeness (QED) is 0.738. The summed E-state index contributed by atoms with van der Waals surface area (Å²) in [5.41, 5.74) is 0.325. The number of hydrogen-bond donors (Lipinski definition) is 1. The lowest BCUT2D eigenvalue weighted by atomic mass is 9.69. The minimum atomic E-state index is 0.325. The fraction of sp³-hybridized carbons (Fsp3) is 1.00. The second kappa shape index (κ2) is 4.30. The molecule has 2 aliphatic heterocycles. The van der Waals surface area contributed by atoms with Crippen LogP contribution in [0, 0.1) is 11.8 Å². The maximum absolute atomic E-state index is 6.02. The van der Waals surface area contributed by atoms with Gasteiger partial charge in [-0.15, -0.1) is 0 Å². The van der Waals surface area contributed by atoms with Crippen molar-refractivity contribution in [2.24, 2.45) is 11.8 Å². The van der Waals surface area contributed by atoms with Gasteiger partial charge in [0.2, 0.25) is 0 Å². The van der Waals surface area contributed by atoms with Crippen LogP contribution >= 0.6 is 0 Å². The fourth-order valence-electron chi connectivity index (χ4n) is 3.84. The van der Waals surface area contributed by atoms with Crippen molar-refractivity contribution in [2.45, 2.75) is 63.5 Å². The van der Waals surface area contributed by atoms with Crippen molar-refractivity contribution in [3.05, 3.63) is 0 Å². The Bertz CT molecular complexity index is 249. The van der Waals surface area contributed by atoms with Crippen molar-refractivity contribution in [3.8, 4) is 0 Å². The minimum absolute atomic E-state index is 0.325. The molecule has 2 heterocycles. The summed E-state index contributed by atoms with van der Waals surface area (Å²) in [5, 5.41) is 3.75. The maximum Gasteiger partial charge on any atom is 0.0685 e. The topological polar surface area (TPSA) is 21.3 Å². The summed E-state index contributed by atoms with van der Waals surface area (Å²) in [6.07, 6.45) is 9.41. The van der Waals surface area contributed by atoms with Crippen LogP contribution in [0.5, 0.6) is 0 Å². The lowest BCUT2D eigenvalue weighted by Gasteiger charge is -2.49. The molecule has 1 N–H and O–H groups in total. The monoisotopic (exact) mass is 223 g/mol. The zero-order chi connectivity index (χ0) is 11.0. The van der Waals surface area contributed by atoms with E-state index in [1.54, 1.807) is 0 Å². The van der Waals surface area contributed by atoms with E-state index in [0.717, 1.165) is 24.5 Å². The van der Waals surface area contributed by atoms with Gasteiger partial charge < -0.3 is 10.1 Å². The summed E-state index contributed by atoms with van der Waals surface area (Å²) in [5.74, 6) is 1.81. The molecule has 3 atom stereocenters. The Labute approximate surface area is 99.1 Å².